The molecule has 0 aromatic carbocycles. The second-order valence-electron chi connectivity index (χ2n) is 6.03. The number of hydrogen-bond acceptors (Lipinski definition) is 4. The van der Waals surface area contributed by atoms with Crippen LogP contribution in [0.4, 0.5) is 0 Å². The monoisotopic (exact) mass is 289 g/mol. The summed E-state index contributed by atoms with van der Waals surface area (Å²) in [7, 11) is 0. The first-order valence-electron chi connectivity index (χ1n) is 6.38. The van der Waals surface area contributed by atoms with E-state index >= 15 is 0 Å². The quantitative estimate of drug-likeness (QED) is 0.910. The van der Waals surface area contributed by atoms with Crippen LogP contribution in [0.2, 0.25) is 0 Å². The fourth-order valence-electron chi connectivity index (χ4n) is 2.19. The SMILES string of the molecule is CC(C)(C)c1nc(CN2CCCC(N)C2)cs1.Cl. The zero-order valence-corrected chi connectivity index (χ0v) is 13.1. The molecule has 1 unspecified atom stereocenters. The van der Waals surface area contributed by atoms with Gasteiger partial charge in [-0.3, -0.25) is 4.90 Å². The smallest absolute Gasteiger partial charge is 0.0982 e. The van der Waals surface area contributed by atoms with Crippen LogP contribution in [-0.2, 0) is 12.0 Å². The van der Waals surface area contributed by atoms with Crippen molar-refractivity contribution >= 4 is 23.7 Å². The van der Waals surface area contributed by atoms with Gasteiger partial charge in [0.2, 0.25) is 0 Å². The van der Waals surface area contributed by atoms with Crippen LogP contribution in [-0.4, -0.2) is 29.0 Å². The predicted octanol–water partition coefficient (Wildman–Crippen LogP) is 2.79. The van der Waals surface area contributed by atoms with E-state index in [0.717, 1.165) is 19.6 Å². The van der Waals surface area contributed by atoms with Crippen molar-refractivity contribution in [3.8, 4) is 0 Å². The third kappa shape index (κ3) is 4.19. The number of piperidine rings is 1. The lowest BCUT2D eigenvalue weighted by atomic mass is 9.98. The van der Waals surface area contributed by atoms with E-state index in [4.69, 9.17) is 10.7 Å². The Morgan fingerprint density at radius 2 is 2.22 bits per heavy atom. The standard InChI is InChI=1S/C13H23N3S.ClH/c1-13(2,3)12-15-11(9-17-12)8-16-6-4-5-10(14)7-16;/h9-10H,4-8,14H2,1-3H3;1H. The van der Waals surface area contributed by atoms with Gasteiger partial charge in [-0.15, -0.1) is 23.7 Å². The highest BCUT2D eigenvalue weighted by atomic mass is 35.5. The van der Waals surface area contributed by atoms with Gasteiger partial charge in [0.1, 0.15) is 0 Å². The molecule has 2 heterocycles. The molecule has 0 amide bonds. The van der Waals surface area contributed by atoms with Crippen molar-refractivity contribution in [3.05, 3.63) is 16.1 Å². The minimum Gasteiger partial charge on any atom is -0.327 e. The summed E-state index contributed by atoms with van der Waals surface area (Å²) < 4.78 is 0. The number of hydrogen-bond donors (Lipinski definition) is 1. The van der Waals surface area contributed by atoms with Crippen LogP contribution < -0.4 is 5.73 Å². The number of aromatic nitrogens is 1. The Labute approximate surface area is 120 Å². The molecule has 0 bridgehead atoms. The molecule has 1 atom stereocenters. The Kier molecular flexibility index (Phi) is 5.59. The van der Waals surface area contributed by atoms with E-state index in [2.05, 4.69) is 31.1 Å². The molecule has 1 aromatic rings. The van der Waals surface area contributed by atoms with Crippen LogP contribution >= 0.6 is 23.7 Å². The minimum absolute atomic E-state index is 0. The fraction of sp³-hybridized carbons (Fsp3) is 0.769. The van der Waals surface area contributed by atoms with Gasteiger partial charge >= 0.3 is 0 Å². The van der Waals surface area contributed by atoms with Gasteiger partial charge < -0.3 is 5.73 Å². The zero-order valence-electron chi connectivity index (χ0n) is 11.5. The average molecular weight is 290 g/mol. The molecule has 1 aliphatic rings. The molecule has 0 aliphatic carbocycles. The molecule has 1 saturated heterocycles. The first-order chi connectivity index (χ1) is 7.95. The molecule has 5 heteroatoms. The molecule has 3 nitrogen and oxygen atoms in total. The minimum atomic E-state index is 0. The van der Waals surface area contributed by atoms with Crippen LogP contribution in [0.1, 0.15) is 44.3 Å². The van der Waals surface area contributed by atoms with Crippen molar-refractivity contribution in [2.75, 3.05) is 13.1 Å². The molecule has 0 spiro atoms. The number of nitrogens with zero attached hydrogens (tertiary/aromatic N) is 2. The van der Waals surface area contributed by atoms with Crippen LogP contribution in [0.3, 0.4) is 0 Å². The number of rotatable bonds is 2. The van der Waals surface area contributed by atoms with Gasteiger partial charge in [-0.25, -0.2) is 4.98 Å². The Balaban J connectivity index is 0.00000162. The summed E-state index contributed by atoms with van der Waals surface area (Å²) in [5.41, 5.74) is 7.36. The van der Waals surface area contributed by atoms with E-state index in [1.807, 2.05) is 0 Å². The number of thiazole rings is 1. The molecule has 2 rings (SSSR count). The Morgan fingerprint density at radius 1 is 1.50 bits per heavy atom. The molecule has 1 aromatic heterocycles. The average Bonchev–Trinajstić information content (AvgIpc) is 2.65. The third-order valence-corrected chi connectivity index (χ3v) is 4.44. The van der Waals surface area contributed by atoms with Gasteiger partial charge in [-0.1, -0.05) is 20.8 Å². The van der Waals surface area contributed by atoms with Gasteiger partial charge in [0, 0.05) is 29.9 Å². The van der Waals surface area contributed by atoms with E-state index < -0.39 is 0 Å². The van der Waals surface area contributed by atoms with E-state index in [1.165, 1.54) is 23.5 Å². The first-order valence-corrected chi connectivity index (χ1v) is 7.26. The molecule has 104 valence electrons. The maximum Gasteiger partial charge on any atom is 0.0982 e. The Morgan fingerprint density at radius 3 is 2.78 bits per heavy atom. The highest BCUT2D eigenvalue weighted by molar-refractivity contribution is 7.09. The molecule has 0 radical (unpaired) electrons. The van der Waals surface area contributed by atoms with Crippen molar-refractivity contribution in [2.45, 2.75) is 51.6 Å². The zero-order chi connectivity index (χ0) is 12.5. The Hall–Kier alpha value is -0.160. The third-order valence-electron chi connectivity index (χ3n) is 3.12. The molecule has 1 aliphatic heterocycles. The number of nitrogens with two attached hydrogens (primary N) is 1. The highest BCUT2D eigenvalue weighted by Crippen LogP contribution is 2.26. The van der Waals surface area contributed by atoms with Gasteiger partial charge in [0.15, 0.2) is 0 Å². The van der Waals surface area contributed by atoms with Crippen molar-refractivity contribution in [1.82, 2.24) is 9.88 Å². The molecule has 0 saturated carbocycles. The second-order valence-corrected chi connectivity index (χ2v) is 6.89. The molecular formula is C13H24ClN3S. The van der Waals surface area contributed by atoms with Crippen LogP contribution in [0.5, 0.6) is 0 Å². The van der Waals surface area contributed by atoms with Crippen LogP contribution in [0.15, 0.2) is 5.38 Å². The fourth-order valence-corrected chi connectivity index (χ4v) is 3.09. The van der Waals surface area contributed by atoms with E-state index in [-0.39, 0.29) is 17.8 Å². The summed E-state index contributed by atoms with van der Waals surface area (Å²) in [6.45, 7) is 9.78. The molecule has 1 fully saturated rings. The summed E-state index contributed by atoms with van der Waals surface area (Å²) in [6, 6.07) is 0.351. The van der Waals surface area contributed by atoms with E-state index in [9.17, 15) is 0 Å². The van der Waals surface area contributed by atoms with E-state index in [1.54, 1.807) is 11.3 Å². The van der Waals surface area contributed by atoms with Crippen molar-refractivity contribution < 1.29 is 0 Å². The number of halogens is 1. The second kappa shape index (κ2) is 6.33. The first kappa shape index (κ1) is 15.9. The van der Waals surface area contributed by atoms with Gasteiger partial charge in [0.25, 0.3) is 0 Å². The van der Waals surface area contributed by atoms with Crippen LogP contribution in [0, 0.1) is 0 Å². The summed E-state index contributed by atoms with van der Waals surface area (Å²) >= 11 is 1.78. The number of likely N-dealkylation sites (tertiary alicyclic amines) is 1. The lowest BCUT2D eigenvalue weighted by Gasteiger charge is -2.29. The lowest BCUT2D eigenvalue weighted by molar-refractivity contribution is 0.199. The largest absolute Gasteiger partial charge is 0.327 e. The van der Waals surface area contributed by atoms with Gasteiger partial charge in [0.05, 0.1) is 10.7 Å². The van der Waals surface area contributed by atoms with Crippen molar-refractivity contribution in [3.63, 3.8) is 0 Å². The summed E-state index contributed by atoms with van der Waals surface area (Å²) in [4.78, 5) is 7.16. The highest BCUT2D eigenvalue weighted by Gasteiger charge is 2.20. The molecule has 18 heavy (non-hydrogen) atoms. The summed E-state index contributed by atoms with van der Waals surface area (Å²) in [5.74, 6) is 0. The van der Waals surface area contributed by atoms with E-state index in [0.29, 0.717) is 6.04 Å². The topological polar surface area (TPSA) is 42.2 Å². The maximum atomic E-state index is 5.99. The van der Waals surface area contributed by atoms with Gasteiger partial charge in [-0.05, 0) is 19.4 Å². The van der Waals surface area contributed by atoms with Crippen molar-refractivity contribution in [2.24, 2.45) is 5.73 Å². The lowest BCUT2D eigenvalue weighted by Crippen LogP contribution is -2.42. The molecular weight excluding hydrogens is 266 g/mol. The van der Waals surface area contributed by atoms with Gasteiger partial charge in [-0.2, -0.15) is 0 Å². The summed E-state index contributed by atoms with van der Waals surface area (Å²) in [6.07, 6.45) is 2.39. The molecule has 2 N–H and O–H groups in total. The normalized spacial score (nSPS) is 21.7. The predicted molar refractivity (Wildman–Crippen MR) is 80.5 cm³/mol. The summed E-state index contributed by atoms with van der Waals surface area (Å²) in [5, 5.41) is 3.43. The van der Waals surface area contributed by atoms with Crippen molar-refractivity contribution in [1.29, 1.82) is 0 Å². The van der Waals surface area contributed by atoms with Crippen LogP contribution in [0.25, 0.3) is 0 Å². The maximum absolute atomic E-state index is 5.99. The Bertz CT molecular complexity index is 373.